The van der Waals surface area contributed by atoms with E-state index in [2.05, 4.69) is 61.2 Å². The molecule has 21 nitrogen and oxygen atoms in total. The van der Waals surface area contributed by atoms with Crippen LogP contribution in [0.15, 0.2) is 74.0 Å². The van der Waals surface area contributed by atoms with E-state index in [0.717, 1.165) is 16.6 Å². The molecule has 3 fully saturated rings. The van der Waals surface area contributed by atoms with Gasteiger partial charge in [-0.1, -0.05) is 0 Å². The Labute approximate surface area is 459 Å². The number of nitrogens with one attached hydrogen (secondary N) is 3. The largest absolute Gasteiger partial charge is 0.461 e. The maximum Gasteiger partial charge on any atom is 0.358 e. The molecule has 0 aliphatic heterocycles. The maximum absolute atomic E-state index is 13.5. The average molecular weight is 1130 g/mol. The van der Waals surface area contributed by atoms with Crippen LogP contribution in [0.1, 0.15) is 106 Å². The number of carbonyl (C=O) groups excluding carboxylic acids is 1. The van der Waals surface area contributed by atoms with Gasteiger partial charge >= 0.3 is 5.97 Å². The van der Waals surface area contributed by atoms with Crippen molar-refractivity contribution in [3.63, 3.8) is 0 Å². The molecule has 0 unspecified atom stereocenters. The normalized spacial score (nSPS) is 17.4. The summed E-state index contributed by atoms with van der Waals surface area (Å²) in [5.74, 6) is -5.05. The first-order chi connectivity index (χ1) is 38.8. The molecule has 0 amide bonds. The summed E-state index contributed by atoms with van der Waals surface area (Å²) < 4.78 is 108. The van der Waals surface area contributed by atoms with Crippen molar-refractivity contribution in [3.8, 4) is 17.5 Å². The maximum atomic E-state index is 13.5. The standard InChI is InChI=1S/C19H22F2N6O2.C17H19F3N6.C17H20F2N6O/c1-3-29-18(28)13-6-9-27(25-13)15-10-14-16(22-11-26(14)2)17(24-15)23-12-4-7-19(20,21)8-5-12;1-25-10-21-15-13(25)8-14(26-7-4-12(9-18)24-26)23-16(15)22-11-2-5-17(19,20)6-3-11;1-24-10-20-15-13(24)8-14(25-7-4-12(9-26)23-25)22-16(15)21-11-2-5-17(18,19)6-3-11/h6,9-12H,3-5,7-8H2,1-2H3,(H,23,24);4,7-8,10-11H,2-3,5-6,9H2,1H3,(H,22,23);4,7-8,10-11,26H,2-3,5-6,9H2,1H3,(H,21,22). The molecule has 12 rings (SSSR count). The molecule has 9 aromatic rings. The van der Waals surface area contributed by atoms with Gasteiger partial charge in [0.25, 0.3) is 0 Å². The van der Waals surface area contributed by atoms with Crippen molar-refractivity contribution in [1.29, 1.82) is 0 Å². The summed E-state index contributed by atoms with van der Waals surface area (Å²) in [6.45, 7) is 1.19. The minimum absolute atomic E-state index is 0.0618. The van der Waals surface area contributed by atoms with Crippen LogP contribution in [0.4, 0.5) is 48.2 Å². The Balaban J connectivity index is 0.000000137. The number of aromatic nitrogens is 15. The van der Waals surface area contributed by atoms with E-state index in [9.17, 15) is 40.6 Å². The second kappa shape index (κ2) is 23.1. The molecule has 81 heavy (non-hydrogen) atoms. The topological polar surface area (TPSA) is 228 Å². The predicted octanol–water partition coefficient (Wildman–Crippen LogP) is 9.57. The van der Waals surface area contributed by atoms with Gasteiger partial charge in [0, 0.05) is 115 Å². The summed E-state index contributed by atoms with van der Waals surface area (Å²) >= 11 is 0. The van der Waals surface area contributed by atoms with Gasteiger partial charge in [-0.2, -0.15) is 15.3 Å². The van der Waals surface area contributed by atoms with Gasteiger partial charge < -0.3 is 39.5 Å². The Hall–Kier alpha value is -8.17. The van der Waals surface area contributed by atoms with E-state index in [1.165, 1.54) is 9.36 Å². The third-order valence-corrected chi connectivity index (χ3v) is 14.6. The summed E-state index contributed by atoms with van der Waals surface area (Å²) in [4.78, 5) is 38.8. The molecule has 0 saturated heterocycles. The number of aliphatic hydroxyl groups excluding tert-OH is 1. The molecular weight excluding hydrogens is 1070 g/mol. The summed E-state index contributed by atoms with van der Waals surface area (Å²) in [7, 11) is 5.60. The number of ether oxygens (including phenoxy) is 1. The Morgan fingerprint density at radius 3 is 1.25 bits per heavy atom. The molecule has 28 heteroatoms. The number of aliphatic hydroxyl groups is 1. The Morgan fingerprint density at radius 2 is 0.914 bits per heavy atom. The lowest BCUT2D eigenvalue weighted by Crippen LogP contribution is -2.32. The van der Waals surface area contributed by atoms with Crippen LogP contribution in [-0.4, -0.2) is 127 Å². The fourth-order valence-electron chi connectivity index (χ4n) is 10.0. The molecule has 9 heterocycles. The number of aryl methyl sites for hydroxylation is 3. The number of pyridine rings is 3. The Bertz CT molecular complexity index is 3480. The average Bonchev–Trinajstić information content (AvgIpc) is 4.35. The second-order valence-electron chi connectivity index (χ2n) is 20.6. The van der Waals surface area contributed by atoms with Crippen LogP contribution < -0.4 is 16.0 Å². The highest BCUT2D eigenvalue weighted by molar-refractivity contribution is 5.90. The molecule has 0 aromatic carbocycles. The number of hydrogen-bond donors (Lipinski definition) is 4. The number of halogens is 7. The third kappa shape index (κ3) is 12.9. The number of alkyl halides is 7. The van der Waals surface area contributed by atoms with Crippen molar-refractivity contribution in [2.75, 3.05) is 22.6 Å². The molecular formula is C53H61F7N18O3. The van der Waals surface area contributed by atoms with E-state index in [4.69, 9.17) is 4.74 Å². The van der Waals surface area contributed by atoms with Crippen LogP contribution in [0.3, 0.4) is 0 Å². The van der Waals surface area contributed by atoms with E-state index in [-0.39, 0.29) is 75.6 Å². The highest BCUT2D eigenvalue weighted by atomic mass is 19.3. The van der Waals surface area contributed by atoms with Crippen molar-refractivity contribution < 1.29 is 45.4 Å². The number of hydrogen-bond acceptors (Lipinski definition) is 15. The Kier molecular flexibility index (Phi) is 16.0. The highest BCUT2D eigenvalue weighted by Gasteiger charge is 2.37. The minimum Gasteiger partial charge on any atom is -0.461 e. The fourth-order valence-corrected chi connectivity index (χ4v) is 10.0. The molecule has 4 N–H and O–H groups in total. The number of nitrogens with zero attached hydrogens (tertiary/aromatic N) is 15. The van der Waals surface area contributed by atoms with Crippen molar-refractivity contribution in [3.05, 3.63) is 91.1 Å². The van der Waals surface area contributed by atoms with Crippen LogP contribution in [0.2, 0.25) is 0 Å². The van der Waals surface area contributed by atoms with Crippen molar-refractivity contribution in [2.24, 2.45) is 21.1 Å². The molecule has 0 spiro atoms. The smallest absolute Gasteiger partial charge is 0.358 e. The van der Waals surface area contributed by atoms with Gasteiger partial charge in [0.15, 0.2) is 40.6 Å². The summed E-state index contributed by atoms with van der Waals surface area (Å²) in [5.41, 5.74) is 5.58. The number of anilines is 3. The lowest BCUT2D eigenvalue weighted by Gasteiger charge is -2.29. The van der Waals surface area contributed by atoms with Gasteiger partial charge in [-0.05, 0) is 63.6 Å². The van der Waals surface area contributed by atoms with Crippen LogP contribution in [0.5, 0.6) is 0 Å². The van der Waals surface area contributed by atoms with Crippen LogP contribution in [0, 0.1) is 0 Å². The predicted molar refractivity (Wildman–Crippen MR) is 286 cm³/mol. The summed E-state index contributed by atoms with van der Waals surface area (Å²) in [6, 6.07) is 10.1. The molecule has 0 radical (unpaired) electrons. The molecule has 0 atom stereocenters. The van der Waals surface area contributed by atoms with E-state index in [1.54, 1.807) is 67.4 Å². The van der Waals surface area contributed by atoms with E-state index < -0.39 is 30.4 Å². The van der Waals surface area contributed by atoms with Gasteiger partial charge in [-0.25, -0.2) is 79.5 Å². The number of carbonyl (C=O) groups is 1. The second-order valence-corrected chi connectivity index (χ2v) is 20.6. The van der Waals surface area contributed by atoms with Crippen molar-refractivity contribution >= 4 is 56.5 Å². The molecule has 430 valence electrons. The lowest BCUT2D eigenvalue weighted by molar-refractivity contribution is -0.0366. The highest BCUT2D eigenvalue weighted by Crippen LogP contribution is 2.38. The first-order valence-corrected chi connectivity index (χ1v) is 26.7. The molecule has 3 aliphatic rings. The van der Waals surface area contributed by atoms with Crippen LogP contribution in [0.25, 0.3) is 50.6 Å². The first-order valence-electron chi connectivity index (χ1n) is 26.7. The van der Waals surface area contributed by atoms with Crippen LogP contribution >= 0.6 is 0 Å². The lowest BCUT2D eigenvalue weighted by atomic mass is 9.92. The first kappa shape index (κ1) is 56.1. The number of fused-ring (bicyclic) bond motifs is 3. The third-order valence-electron chi connectivity index (χ3n) is 14.6. The zero-order chi connectivity index (χ0) is 57.2. The van der Waals surface area contributed by atoms with E-state index in [0.29, 0.717) is 101 Å². The van der Waals surface area contributed by atoms with E-state index in [1.807, 2.05) is 53.0 Å². The Morgan fingerprint density at radius 1 is 0.568 bits per heavy atom. The van der Waals surface area contributed by atoms with E-state index >= 15 is 0 Å². The van der Waals surface area contributed by atoms with Gasteiger partial charge in [-0.15, -0.1) is 0 Å². The zero-order valence-electron chi connectivity index (χ0n) is 44.9. The van der Waals surface area contributed by atoms with Gasteiger partial charge in [0.1, 0.15) is 23.2 Å². The molecule has 9 aromatic heterocycles. The SMILES string of the molecule is CCOC(=O)c1ccn(-c2cc3c(ncn3C)c(NC3CCC(F)(F)CC3)n2)n1.Cn1cnc2c(NC3CCC(F)(F)CC3)nc(-n3ccc(CF)n3)cc21.Cn1cnc2c(NC3CCC(F)(F)CC3)nc(-n3ccc(CO)n3)cc21. The number of rotatable bonds is 13. The minimum atomic E-state index is -2.59. The monoisotopic (exact) mass is 1130 g/mol. The van der Waals surface area contributed by atoms with Gasteiger partial charge in [0.2, 0.25) is 17.8 Å². The molecule has 0 bridgehead atoms. The van der Waals surface area contributed by atoms with Crippen LogP contribution in [-0.2, 0) is 39.2 Å². The van der Waals surface area contributed by atoms with Gasteiger partial charge in [-0.3, -0.25) is 0 Å². The number of imidazole rings is 3. The molecule has 3 aliphatic carbocycles. The zero-order valence-corrected chi connectivity index (χ0v) is 44.9. The van der Waals surface area contributed by atoms with Crippen molar-refractivity contribution in [2.45, 2.75) is 133 Å². The summed E-state index contributed by atoms with van der Waals surface area (Å²) in [5, 5.41) is 31.7. The quantitative estimate of drug-likeness (QED) is 0.0622. The fraction of sp³-hybridized carbons (Fsp3) is 0.472. The number of esters is 1. The van der Waals surface area contributed by atoms with Crippen molar-refractivity contribution in [1.82, 2.24) is 72.9 Å². The molecule has 3 saturated carbocycles. The summed E-state index contributed by atoms with van der Waals surface area (Å²) in [6.07, 6.45) is 11.5. The van der Waals surface area contributed by atoms with Gasteiger partial charge in [0.05, 0.1) is 60.1 Å².